The Bertz CT molecular complexity index is 829. The summed E-state index contributed by atoms with van der Waals surface area (Å²) in [6, 6.07) is 5.39. The molecule has 1 heterocycles. The molecule has 1 aliphatic rings. The fourth-order valence-corrected chi connectivity index (χ4v) is 2.78. The Balaban J connectivity index is 2.33. The number of halogens is 1. The van der Waals surface area contributed by atoms with Gasteiger partial charge in [0.1, 0.15) is 0 Å². The molecule has 3 rings (SSSR count). The number of allylic oxidation sites excluding steroid dienone is 2. The summed E-state index contributed by atoms with van der Waals surface area (Å²) >= 11 is 3.37. The molecule has 0 fully saturated rings. The summed E-state index contributed by atoms with van der Waals surface area (Å²) in [5, 5.41) is 20.0. The van der Waals surface area contributed by atoms with E-state index in [4.69, 9.17) is 0 Å². The third-order valence-corrected chi connectivity index (χ3v) is 3.78. The normalized spacial score (nSPS) is 15.9. The van der Waals surface area contributed by atoms with Gasteiger partial charge in [-0.15, -0.1) is 0 Å². The number of benzene rings is 1. The molecular weight excluding hydrogens is 326 g/mol. The molecule has 6 heteroatoms. The molecule has 0 spiro atoms. The Labute approximate surface area is 121 Å². The molecule has 0 atom stereocenters. The maximum atomic E-state index is 12.0. The van der Waals surface area contributed by atoms with Gasteiger partial charge in [-0.1, -0.05) is 22.0 Å². The fraction of sp³-hybridized carbons (Fsp3) is 0. The molecule has 0 saturated heterocycles. The van der Waals surface area contributed by atoms with Gasteiger partial charge in [0.05, 0.1) is 5.57 Å². The molecular formula is C14H8BrNO4. The van der Waals surface area contributed by atoms with Gasteiger partial charge in [0.15, 0.2) is 11.5 Å². The van der Waals surface area contributed by atoms with Gasteiger partial charge in [-0.25, -0.2) is 0 Å². The van der Waals surface area contributed by atoms with E-state index in [2.05, 4.69) is 20.9 Å². The van der Waals surface area contributed by atoms with E-state index < -0.39 is 23.1 Å². The number of aromatic amines is 1. The van der Waals surface area contributed by atoms with Gasteiger partial charge in [-0.05, 0) is 12.1 Å². The number of fused-ring (bicyclic) bond motifs is 1. The summed E-state index contributed by atoms with van der Waals surface area (Å²) in [6.45, 7) is 0. The monoisotopic (exact) mass is 333 g/mol. The smallest absolute Gasteiger partial charge is 0.231 e. The summed E-state index contributed by atoms with van der Waals surface area (Å²) in [5.41, 5.74) is 0.903. The minimum atomic E-state index is -0.793. The second kappa shape index (κ2) is 4.35. The molecule has 100 valence electrons. The van der Waals surface area contributed by atoms with E-state index >= 15 is 0 Å². The summed E-state index contributed by atoms with van der Waals surface area (Å²) in [4.78, 5) is 26.5. The Morgan fingerprint density at radius 3 is 2.65 bits per heavy atom. The molecule has 1 aliphatic carbocycles. The van der Waals surface area contributed by atoms with Crippen molar-refractivity contribution in [3.05, 3.63) is 52.0 Å². The quantitative estimate of drug-likeness (QED) is 0.700. The van der Waals surface area contributed by atoms with Crippen LogP contribution in [-0.4, -0.2) is 26.8 Å². The molecule has 0 aliphatic heterocycles. The summed E-state index contributed by atoms with van der Waals surface area (Å²) in [7, 11) is 0. The number of rotatable bonds is 1. The lowest BCUT2D eigenvalue weighted by molar-refractivity contribution is -0.117. The van der Waals surface area contributed by atoms with Gasteiger partial charge in [-0.3, -0.25) is 9.59 Å². The first-order valence-corrected chi connectivity index (χ1v) is 6.49. The van der Waals surface area contributed by atoms with E-state index in [9.17, 15) is 19.8 Å². The number of hydrogen-bond donors (Lipinski definition) is 3. The number of nitrogens with one attached hydrogen (secondary N) is 1. The number of carbonyl (C=O) groups is 2. The van der Waals surface area contributed by atoms with Crippen molar-refractivity contribution in [3.63, 3.8) is 0 Å². The number of hydrogen-bond acceptors (Lipinski definition) is 4. The van der Waals surface area contributed by atoms with Crippen molar-refractivity contribution in [3.8, 4) is 0 Å². The number of aliphatic hydroxyl groups is 2. The molecule has 3 N–H and O–H groups in total. The van der Waals surface area contributed by atoms with Crippen LogP contribution in [0.2, 0.25) is 0 Å². The van der Waals surface area contributed by atoms with E-state index in [0.29, 0.717) is 21.5 Å². The highest BCUT2D eigenvalue weighted by atomic mass is 79.9. The van der Waals surface area contributed by atoms with Gasteiger partial charge in [0.25, 0.3) is 0 Å². The Morgan fingerprint density at radius 1 is 1.15 bits per heavy atom. The van der Waals surface area contributed by atoms with Crippen LogP contribution in [0.25, 0.3) is 16.5 Å². The van der Waals surface area contributed by atoms with E-state index in [1.165, 1.54) is 6.20 Å². The largest absolute Gasteiger partial charge is 0.504 e. The topological polar surface area (TPSA) is 90.4 Å². The van der Waals surface area contributed by atoms with Crippen molar-refractivity contribution in [1.29, 1.82) is 0 Å². The first-order chi connectivity index (χ1) is 9.50. The van der Waals surface area contributed by atoms with Crippen LogP contribution in [0.4, 0.5) is 0 Å². The molecule has 2 aromatic rings. The van der Waals surface area contributed by atoms with Crippen LogP contribution in [0.5, 0.6) is 0 Å². The van der Waals surface area contributed by atoms with Gasteiger partial charge in [0.2, 0.25) is 11.6 Å². The van der Waals surface area contributed by atoms with Crippen LogP contribution < -0.4 is 0 Å². The summed E-state index contributed by atoms with van der Waals surface area (Å²) in [6.07, 6.45) is 2.23. The number of H-pyrrole nitrogens is 1. The summed E-state index contributed by atoms with van der Waals surface area (Å²) < 4.78 is 0.709. The summed E-state index contributed by atoms with van der Waals surface area (Å²) in [5.74, 6) is -2.91. The van der Waals surface area contributed by atoms with Crippen LogP contribution in [0, 0.1) is 0 Å². The molecule has 0 saturated carbocycles. The third-order valence-electron chi connectivity index (χ3n) is 3.12. The highest BCUT2D eigenvalue weighted by Crippen LogP contribution is 2.35. The maximum absolute atomic E-state index is 12.0. The van der Waals surface area contributed by atoms with Crippen molar-refractivity contribution in [1.82, 2.24) is 4.98 Å². The lowest BCUT2D eigenvalue weighted by atomic mass is 9.93. The van der Waals surface area contributed by atoms with Crippen LogP contribution >= 0.6 is 15.9 Å². The van der Waals surface area contributed by atoms with Gasteiger partial charge in [-0.2, -0.15) is 0 Å². The highest BCUT2D eigenvalue weighted by Gasteiger charge is 2.31. The second-order valence-electron chi connectivity index (χ2n) is 4.31. The Morgan fingerprint density at radius 2 is 1.90 bits per heavy atom. The van der Waals surface area contributed by atoms with Crippen LogP contribution in [0.15, 0.2) is 46.5 Å². The zero-order valence-corrected chi connectivity index (χ0v) is 11.6. The predicted octanol–water partition coefficient (Wildman–Crippen LogP) is 2.79. The number of ketones is 2. The van der Waals surface area contributed by atoms with E-state index in [1.807, 2.05) is 6.07 Å². The highest BCUT2D eigenvalue weighted by molar-refractivity contribution is 9.10. The first kappa shape index (κ1) is 12.7. The molecule has 0 amide bonds. The van der Waals surface area contributed by atoms with Gasteiger partial charge in [0, 0.05) is 33.2 Å². The SMILES string of the molecule is O=C1C=C(O)C(=O)C(c2c[nH]c3cccc(Br)c23)=C1O. The van der Waals surface area contributed by atoms with Crippen molar-refractivity contribution < 1.29 is 19.8 Å². The average molecular weight is 334 g/mol. The fourth-order valence-electron chi connectivity index (χ4n) is 2.20. The number of aliphatic hydroxyl groups excluding tert-OH is 2. The molecule has 1 aromatic heterocycles. The standard InChI is InChI=1S/C14H8BrNO4/c15-7-2-1-3-8-11(7)6(5-16-8)12-13(19)9(17)4-10(18)14(12)20/h1-5,16-17,20H. The number of Topliss-reactive ketones (excluding diaryl/α,β-unsaturated/α-hetero) is 1. The first-order valence-electron chi connectivity index (χ1n) is 5.69. The Kier molecular flexibility index (Phi) is 2.76. The zero-order valence-electron chi connectivity index (χ0n) is 9.98. The van der Waals surface area contributed by atoms with E-state index in [0.717, 1.165) is 5.52 Å². The average Bonchev–Trinajstić information content (AvgIpc) is 2.82. The lowest BCUT2D eigenvalue weighted by Crippen LogP contribution is -2.18. The van der Waals surface area contributed by atoms with Crippen LogP contribution in [0.3, 0.4) is 0 Å². The zero-order chi connectivity index (χ0) is 14.4. The van der Waals surface area contributed by atoms with Crippen LogP contribution in [-0.2, 0) is 9.59 Å². The minimum absolute atomic E-state index is 0.201. The molecule has 0 bridgehead atoms. The molecule has 5 nitrogen and oxygen atoms in total. The number of aromatic nitrogens is 1. The lowest BCUT2D eigenvalue weighted by Gasteiger charge is -2.12. The van der Waals surface area contributed by atoms with Gasteiger partial charge < -0.3 is 15.2 Å². The predicted molar refractivity (Wildman–Crippen MR) is 76.3 cm³/mol. The molecule has 1 aromatic carbocycles. The van der Waals surface area contributed by atoms with Crippen molar-refractivity contribution in [2.75, 3.05) is 0 Å². The third kappa shape index (κ3) is 1.69. The minimum Gasteiger partial charge on any atom is -0.504 e. The van der Waals surface area contributed by atoms with E-state index in [1.54, 1.807) is 12.1 Å². The number of carbonyl (C=O) groups excluding carboxylic acids is 2. The van der Waals surface area contributed by atoms with Crippen LogP contribution in [0.1, 0.15) is 5.56 Å². The Hall–Kier alpha value is -2.34. The van der Waals surface area contributed by atoms with Crippen molar-refractivity contribution in [2.45, 2.75) is 0 Å². The van der Waals surface area contributed by atoms with E-state index in [-0.39, 0.29) is 5.57 Å². The van der Waals surface area contributed by atoms with Crippen molar-refractivity contribution in [2.24, 2.45) is 0 Å². The maximum Gasteiger partial charge on any atom is 0.231 e. The molecule has 0 radical (unpaired) electrons. The molecule has 20 heavy (non-hydrogen) atoms. The second-order valence-corrected chi connectivity index (χ2v) is 5.17. The van der Waals surface area contributed by atoms with Crippen molar-refractivity contribution >= 4 is 44.0 Å². The molecule has 0 unspecified atom stereocenters. The van der Waals surface area contributed by atoms with Gasteiger partial charge >= 0.3 is 0 Å².